The van der Waals surface area contributed by atoms with Crippen LogP contribution in [0.25, 0.3) is 0 Å². The Bertz CT molecular complexity index is 395. The topological polar surface area (TPSA) is 89.3 Å². The summed E-state index contributed by atoms with van der Waals surface area (Å²) >= 11 is 0. The molecule has 0 spiro atoms. The maximum atomic E-state index is 11.7. The van der Waals surface area contributed by atoms with Gasteiger partial charge in [-0.05, 0) is 25.7 Å². The van der Waals surface area contributed by atoms with Gasteiger partial charge >= 0.3 is 0 Å². The number of amides is 1. The molecule has 0 aromatic heterocycles. The minimum atomic E-state index is -3.42. The Morgan fingerprint density at radius 3 is 2.35 bits per heavy atom. The number of carbonyl (C=O) groups excluding carboxylic acids is 1. The molecular formula is C11H20N2O3S. The maximum Gasteiger partial charge on any atom is 0.237 e. The van der Waals surface area contributed by atoms with Crippen molar-refractivity contribution in [2.75, 3.05) is 0 Å². The SMILES string of the molecule is NC1(CC(=O)NS(=O)(=O)C2CC2)CCCCC1. The van der Waals surface area contributed by atoms with Gasteiger partial charge in [-0.25, -0.2) is 8.42 Å². The monoisotopic (exact) mass is 260 g/mol. The zero-order valence-electron chi connectivity index (χ0n) is 9.94. The van der Waals surface area contributed by atoms with E-state index >= 15 is 0 Å². The Balaban J connectivity index is 1.88. The third-order valence-corrected chi connectivity index (χ3v) is 5.44. The van der Waals surface area contributed by atoms with Crippen LogP contribution in [0.4, 0.5) is 0 Å². The molecule has 2 aliphatic carbocycles. The highest BCUT2D eigenvalue weighted by Gasteiger charge is 2.38. The molecule has 98 valence electrons. The molecule has 2 saturated carbocycles. The van der Waals surface area contributed by atoms with Crippen LogP contribution in [0.15, 0.2) is 0 Å². The normalized spacial score (nSPS) is 24.3. The van der Waals surface area contributed by atoms with E-state index in [1.54, 1.807) is 0 Å². The standard InChI is InChI=1S/C11H20N2O3S/c12-11(6-2-1-3-7-11)8-10(14)13-17(15,16)9-4-5-9/h9H,1-8,12H2,(H,13,14). The summed E-state index contributed by atoms with van der Waals surface area (Å²) in [5.74, 6) is -0.443. The van der Waals surface area contributed by atoms with Crippen molar-refractivity contribution in [1.29, 1.82) is 0 Å². The first kappa shape index (κ1) is 12.8. The quantitative estimate of drug-likeness (QED) is 0.776. The third-order valence-electron chi connectivity index (χ3n) is 3.58. The summed E-state index contributed by atoms with van der Waals surface area (Å²) in [5.41, 5.74) is 5.62. The summed E-state index contributed by atoms with van der Waals surface area (Å²) in [5, 5.41) is -0.355. The van der Waals surface area contributed by atoms with Gasteiger partial charge in [-0.15, -0.1) is 0 Å². The summed E-state index contributed by atoms with van der Waals surface area (Å²) in [7, 11) is -3.42. The summed E-state index contributed by atoms with van der Waals surface area (Å²) < 4.78 is 25.3. The smallest absolute Gasteiger partial charge is 0.237 e. The highest BCUT2D eigenvalue weighted by atomic mass is 32.2. The molecule has 0 heterocycles. The van der Waals surface area contributed by atoms with Crippen LogP contribution in [-0.4, -0.2) is 25.1 Å². The fourth-order valence-corrected chi connectivity index (χ4v) is 3.72. The van der Waals surface area contributed by atoms with Crippen LogP contribution < -0.4 is 10.5 Å². The third kappa shape index (κ3) is 3.42. The first-order valence-corrected chi connectivity index (χ1v) is 7.79. The summed E-state index contributed by atoms with van der Waals surface area (Å²) in [6, 6.07) is 0. The van der Waals surface area contributed by atoms with Crippen LogP contribution >= 0.6 is 0 Å². The number of carbonyl (C=O) groups is 1. The molecule has 0 saturated heterocycles. The molecule has 0 bridgehead atoms. The van der Waals surface area contributed by atoms with Crippen LogP contribution in [0.5, 0.6) is 0 Å². The average Bonchev–Trinajstić information content (AvgIpc) is 2.99. The van der Waals surface area contributed by atoms with Crippen molar-refractivity contribution in [1.82, 2.24) is 4.72 Å². The fraction of sp³-hybridized carbons (Fsp3) is 0.909. The van der Waals surface area contributed by atoms with Crippen LogP contribution in [0.1, 0.15) is 51.4 Å². The average molecular weight is 260 g/mol. The van der Waals surface area contributed by atoms with E-state index in [9.17, 15) is 13.2 Å². The molecular weight excluding hydrogens is 240 g/mol. The molecule has 0 atom stereocenters. The lowest BCUT2D eigenvalue weighted by atomic mass is 9.80. The van der Waals surface area contributed by atoms with Gasteiger partial charge in [0.05, 0.1) is 5.25 Å². The number of nitrogens with two attached hydrogens (primary N) is 1. The summed E-state index contributed by atoms with van der Waals surface area (Å²) in [6.45, 7) is 0. The van der Waals surface area contributed by atoms with Gasteiger partial charge < -0.3 is 5.73 Å². The van der Waals surface area contributed by atoms with E-state index in [4.69, 9.17) is 5.73 Å². The predicted molar refractivity (Wildman–Crippen MR) is 64.7 cm³/mol. The number of sulfonamides is 1. The van der Waals surface area contributed by atoms with Crippen molar-refractivity contribution in [2.45, 2.75) is 62.2 Å². The number of rotatable bonds is 4. The van der Waals surface area contributed by atoms with Crippen LogP contribution in [0.3, 0.4) is 0 Å². The molecule has 0 radical (unpaired) electrons. The van der Waals surface area contributed by atoms with Gasteiger partial charge in [0.25, 0.3) is 0 Å². The minimum Gasteiger partial charge on any atom is -0.325 e. The second kappa shape index (κ2) is 4.57. The maximum absolute atomic E-state index is 11.7. The van der Waals surface area contributed by atoms with Crippen molar-refractivity contribution in [2.24, 2.45) is 5.73 Å². The predicted octanol–water partition coefficient (Wildman–Crippen LogP) is 0.646. The van der Waals surface area contributed by atoms with Gasteiger partial charge in [0.2, 0.25) is 15.9 Å². The van der Waals surface area contributed by atoms with E-state index in [0.29, 0.717) is 12.8 Å². The van der Waals surface area contributed by atoms with Crippen molar-refractivity contribution >= 4 is 15.9 Å². The van der Waals surface area contributed by atoms with Gasteiger partial charge in [0.15, 0.2) is 0 Å². The molecule has 2 aliphatic rings. The molecule has 0 unspecified atom stereocenters. The van der Waals surface area contributed by atoms with E-state index in [1.165, 1.54) is 0 Å². The Kier molecular flexibility index (Phi) is 3.45. The molecule has 2 fully saturated rings. The highest BCUT2D eigenvalue weighted by Crippen LogP contribution is 2.30. The molecule has 5 nitrogen and oxygen atoms in total. The Hall–Kier alpha value is -0.620. The zero-order chi connectivity index (χ0) is 12.5. The Morgan fingerprint density at radius 1 is 1.24 bits per heavy atom. The Labute approximate surface area is 102 Å². The van der Waals surface area contributed by atoms with Crippen molar-refractivity contribution in [3.63, 3.8) is 0 Å². The largest absolute Gasteiger partial charge is 0.325 e. The van der Waals surface area contributed by atoms with E-state index < -0.39 is 21.5 Å². The van der Waals surface area contributed by atoms with E-state index in [1.807, 2.05) is 0 Å². The first-order chi connectivity index (χ1) is 7.91. The van der Waals surface area contributed by atoms with Gasteiger partial charge in [-0.3, -0.25) is 9.52 Å². The molecule has 0 aromatic carbocycles. The molecule has 6 heteroatoms. The number of hydrogen-bond acceptors (Lipinski definition) is 4. The zero-order valence-corrected chi connectivity index (χ0v) is 10.8. The molecule has 2 rings (SSSR count). The van der Waals surface area contributed by atoms with Crippen LogP contribution in [0.2, 0.25) is 0 Å². The van der Waals surface area contributed by atoms with Crippen molar-refractivity contribution in [3.8, 4) is 0 Å². The van der Waals surface area contributed by atoms with E-state index in [-0.39, 0.29) is 11.7 Å². The molecule has 1 amide bonds. The van der Waals surface area contributed by atoms with Gasteiger partial charge in [-0.1, -0.05) is 19.3 Å². The number of nitrogens with one attached hydrogen (secondary N) is 1. The first-order valence-electron chi connectivity index (χ1n) is 6.25. The Morgan fingerprint density at radius 2 is 1.82 bits per heavy atom. The fourth-order valence-electron chi connectivity index (χ4n) is 2.41. The van der Waals surface area contributed by atoms with E-state index in [2.05, 4.69) is 4.72 Å². The van der Waals surface area contributed by atoms with Gasteiger partial charge in [0.1, 0.15) is 0 Å². The summed E-state index contributed by atoms with van der Waals surface area (Å²) in [4.78, 5) is 11.7. The molecule has 0 aliphatic heterocycles. The lowest BCUT2D eigenvalue weighted by Crippen LogP contribution is -2.47. The second-order valence-corrected chi connectivity index (χ2v) is 7.33. The lowest BCUT2D eigenvalue weighted by molar-refractivity contribution is -0.120. The van der Waals surface area contributed by atoms with Crippen LogP contribution in [0, 0.1) is 0 Å². The second-order valence-electron chi connectivity index (χ2n) is 5.37. The highest BCUT2D eigenvalue weighted by molar-refractivity contribution is 7.90. The van der Waals surface area contributed by atoms with Gasteiger partial charge in [0, 0.05) is 12.0 Å². The molecule has 3 N–H and O–H groups in total. The van der Waals surface area contributed by atoms with E-state index in [0.717, 1.165) is 32.1 Å². The van der Waals surface area contributed by atoms with Gasteiger partial charge in [-0.2, -0.15) is 0 Å². The minimum absolute atomic E-state index is 0.124. The van der Waals surface area contributed by atoms with Crippen molar-refractivity contribution in [3.05, 3.63) is 0 Å². The van der Waals surface area contributed by atoms with Crippen molar-refractivity contribution < 1.29 is 13.2 Å². The molecule has 17 heavy (non-hydrogen) atoms. The lowest BCUT2D eigenvalue weighted by Gasteiger charge is -2.32. The molecule has 0 aromatic rings. The number of hydrogen-bond donors (Lipinski definition) is 2. The summed E-state index contributed by atoms with van der Waals surface area (Å²) in [6.07, 6.45) is 6.28. The van der Waals surface area contributed by atoms with Crippen LogP contribution in [-0.2, 0) is 14.8 Å².